The van der Waals surface area contributed by atoms with Crippen LogP contribution in [0.15, 0.2) is 42.5 Å². The molecule has 0 fully saturated rings. The van der Waals surface area contributed by atoms with Gasteiger partial charge in [0, 0.05) is 5.56 Å². The van der Waals surface area contributed by atoms with E-state index in [9.17, 15) is 9.59 Å². The van der Waals surface area contributed by atoms with Crippen LogP contribution >= 0.6 is 0 Å². The van der Waals surface area contributed by atoms with Gasteiger partial charge in [0.25, 0.3) is 11.8 Å². The molecule has 0 spiro atoms. The lowest BCUT2D eigenvalue weighted by Crippen LogP contribution is -2.50. The Kier molecular flexibility index (Phi) is 4.52. The van der Waals surface area contributed by atoms with Crippen LogP contribution in [-0.4, -0.2) is 34.5 Å². The lowest BCUT2D eigenvalue weighted by Gasteiger charge is -2.25. The molecule has 4 rings (SSSR count). The number of para-hydroxylation sites is 2. The Labute approximate surface area is 160 Å². The SMILES string of the molecule is Cc1nc2ccc(C(=O)NNC(=O)[C@H]3COc4ccccc4O3)cc2nc1C. The summed E-state index contributed by atoms with van der Waals surface area (Å²) >= 11 is 0. The topological polar surface area (TPSA) is 102 Å². The minimum absolute atomic E-state index is 0.0584. The Morgan fingerprint density at radius 1 is 0.964 bits per heavy atom. The molecule has 2 N–H and O–H groups in total. The molecule has 1 aliphatic heterocycles. The van der Waals surface area contributed by atoms with Gasteiger partial charge in [-0.2, -0.15) is 0 Å². The number of carbonyl (C=O) groups excluding carboxylic acids is 2. The molecule has 1 aliphatic rings. The van der Waals surface area contributed by atoms with Crippen LogP contribution < -0.4 is 20.3 Å². The van der Waals surface area contributed by atoms with Gasteiger partial charge >= 0.3 is 0 Å². The number of hydrazine groups is 1. The lowest BCUT2D eigenvalue weighted by atomic mass is 10.1. The Balaban J connectivity index is 1.41. The van der Waals surface area contributed by atoms with Gasteiger partial charge in [0.05, 0.1) is 22.4 Å². The third-order valence-electron chi connectivity index (χ3n) is 4.44. The molecule has 8 nitrogen and oxygen atoms in total. The first kappa shape index (κ1) is 17.7. The van der Waals surface area contributed by atoms with Crippen molar-refractivity contribution in [3.05, 3.63) is 59.4 Å². The van der Waals surface area contributed by atoms with E-state index in [1.54, 1.807) is 36.4 Å². The van der Waals surface area contributed by atoms with Crippen molar-refractivity contribution in [3.8, 4) is 11.5 Å². The second-order valence-corrected chi connectivity index (χ2v) is 6.41. The Bertz CT molecular complexity index is 1080. The highest BCUT2D eigenvalue weighted by Crippen LogP contribution is 2.30. The molecule has 0 radical (unpaired) electrons. The molecule has 28 heavy (non-hydrogen) atoms. The molecule has 0 saturated heterocycles. The average Bonchev–Trinajstić information content (AvgIpc) is 2.72. The van der Waals surface area contributed by atoms with Crippen molar-refractivity contribution < 1.29 is 19.1 Å². The van der Waals surface area contributed by atoms with Gasteiger partial charge in [0.1, 0.15) is 6.61 Å². The number of hydrogen-bond acceptors (Lipinski definition) is 6. The maximum absolute atomic E-state index is 12.4. The number of aryl methyl sites for hydroxylation is 2. The smallest absolute Gasteiger partial charge is 0.283 e. The van der Waals surface area contributed by atoms with E-state index in [0.717, 1.165) is 11.4 Å². The summed E-state index contributed by atoms with van der Waals surface area (Å²) in [6, 6.07) is 12.1. The number of nitrogens with zero attached hydrogens (tertiary/aromatic N) is 2. The molecule has 0 unspecified atom stereocenters. The predicted octanol–water partition coefficient (Wildman–Crippen LogP) is 1.85. The van der Waals surface area contributed by atoms with Gasteiger partial charge < -0.3 is 9.47 Å². The number of rotatable bonds is 2. The number of fused-ring (bicyclic) bond motifs is 2. The van der Waals surface area contributed by atoms with Crippen molar-refractivity contribution in [2.24, 2.45) is 0 Å². The Morgan fingerprint density at radius 3 is 2.46 bits per heavy atom. The van der Waals surface area contributed by atoms with Gasteiger partial charge in [-0.1, -0.05) is 12.1 Å². The van der Waals surface area contributed by atoms with Crippen molar-refractivity contribution >= 4 is 22.8 Å². The molecule has 2 heterocycles. The summed E-state index contributed by atoms with van der Waals surface area (Å²) in [4.78, 5) is 33.5. The molecular formula is C20H18N4O4. The highest BCUT2D eigenvalue weighted by molar-refractivity contribution is 5.98. The zero-order valence-corrected chi connectivity index (χ0v) is 15.4. The van der Waals surface area contributed by atoms with Crippen LogP contribution in [0.25, 0.3) is 11.0 Å². The highest BCUT2D eigenvalue weighted by atomic mass is 16.6. The highest BCUT2D eigenvalue weighted by Gasteiger charge is 2.27. The fraction of sp³-hybridized carbons (Fsp3) is 0.200. The molecule has 3 aromatic rings. The fourth-order valence-electron chi connectivity index (χ4n) is 2.79. The molecule has 2 amide bonds. The summed E-state index contributed by atoms with van der Waals surface area (Å²) in [6.45, 7) is 3.80. The molecule has 0 saturated carbocycles. The third kappa shape index (κ3) is 3.44. The Hall–Kier alpha value is -3.68. The second-order valence-electron chi connectivity index (χ2n) is 6.41. The largest absolute Gasteiger partial charge is 0.485 e. The normalized spacial score (nSPS) is 15.1. The minimum atomic E-state index is -0.858. The summed E-state index contributed by atoms with van der Waals surface area (Å²) in [5, 5.41) is 0. The number of hydrogen-bond donors (Lipinski definition) is 2. The van der Waals surface area contributed by atoms with E-state index in [-0.39, 0.29) is 6.61 Å². The van der Waals surface area contributed by atoms with Gasteiger partial charge in [0.2, 0.25) is 6.10 Å². The zero-order valence-electron chi connectivity index (χ0n) is 15.4. The lowest BCUT2D eigenvalue weighted by molar-refractivity contribution is -0.131. The summed E-state index contributed by atoms with van der Waals surface area (Å²) in [7, 11) is 0. The van der Waals surface area contributed by atoms with Crippen LogP contribution in [0.2, 0.25) is 0 Å². The number of carbonyl (C=O) groups is 2. The molecule has 8 heteroatoms. The monoisotopic (exact) mass is 378 g/mol. The van der Waals surface area contributed by atoms with Crippen LogP contribution in [0.5, 0.6) is 11.5 Å². The molecule has 0 aliphatic carbocycles. The molecule has 2 aromatic carbocycles. The van der Waals surface area contributed by atoms with Crippen LogP contribution in [0.4, 0.5) is 0 Å². The van der Waals surface area contributed by atoms with Crippen molar-refractivity contribution in [1.82, 2.24) is 20.8 Å². The van der Waals surface area contributed by atoms with Crippen molar-refractivity contribution in [3.63, 3.8) is 0 Å². The van der Waals surface area contributed by atoms with Crippen molar-refractivity contribution in [2.75, 3.05) is 6.61 Å². The second kappa shape index (κ2) is 7.15. The van der Waals surface area contributed by atoms with E-state index in [2.05, 4.69) is 20.8 Å². The van der Waals surface area contributed by atoms with Gasteiger partial charge in [-0.15, -0.1) is 0 Å². The number of benzene rings is 2. The Morgan fingerprint density at radius 2 is 1.68 bits per heavy atom. The van der Waals surface area contributed by atoms with E-state index in [1.807, 2.05) is 19.9 Å². The first-order valence-electron chi connectivity index (χ1n) is 8.75. The van der Waals surface area contributed by atoms with Gasteiger partial charge in [-0.05, 0) is 44.2 Å². The van der Waals surface area contributed by atoms with Crippen LogP contribution in [-0.2, 0) is 4.79 Å². The maximum Gasteiger partial charge on any atom is 0.283 e. The van der Waals surface area contributed by atoms with Crippen molar-refractivity contribution in [2.45, 2.75) is 20.0 Å². The summed E-state index contributed by atoms with van der Waals surface area (Å²) < 4.78 is 11.1. The number of amides is 2. The number of aromatic nitrogens is 2. The zero-order chi connectivity index (χ0) is 19.7. The van der Waals surface area contributed by atoms with Crippen LogP contribution in [0.3, 0.4) is 0 Å². The summed E-state index contributed by atoms with van der Waals surface area (Å²) in [5.41, 5.74) is 8.07. The molecule has 1 aromatic heterocycles. The van der Waals surface area contributed by atoms with E-state index < -0.39 is 17.9 Å². The molecule has 142 valence electrons. The molecular weight excluding hydrogens is 360 g/mol. The number of ether oxygens (including phenoxy) is 2. The van der Waals surface area contributed by atoms with E-state index in [1.165, 1.54) is 0 Å². The maximum atomic E-state index is 12.4. The predicted molar refractivity (Wildman–Crippen MR) is 101 cm³/mol. The van der Waals surface area contributed by atoms with E-state index in [0.29, 0.717) is 28.1 Å². The minimum Gasteiger partial charge on any atom is -0.485 e. The van der Waals surface area contributed by atoms with E-state index >= 15 is 0 Å². The molecule has 1 atom stereocenters. The summed E-state index contributed by atoms with van der Waals surface area (Å²) in [6.07, 6.45) is -0.858. The quantitative estimate of drug-likeness (QED) is 0.660. The van der Waals surface area contributed by atoms with Gasteiger partial charge in [-0.25, -0.2) is 9.97 Å². The first-order valence-corrected chi connectivity index (χ1v) is 8.75. The first-order chi connectivity index (χ1) is 13.5. The van der Waals surface area contributed by atoms with Crippen LogP contribution in [0, 0.1) is 13.8 Å². The van der Waals surface area contributed by atoms with Crippen molar-refractivity contribution in [1.29, 1.82) is 0 Å². The fourth-order valence-corrected chi connectivity index (χ4v) is 2.79. The third-order valence-corrected chi connectivity index (χ3v) is 4.44. The molecule has 0 bridgehead atoms. The summed E-state index contributed by atoms with van der Waals surface area (Å²) in [5.74, 6) is 0.0969. The van der Waals surface area contributed by atoms with Gasteiger partial charge in [0.15, 0.2) is 11.5 Å². The number of nitrogens with one attached hydrogen (secondary N) is 2. The van der Waals surface area contributed by atoms with E-state index in [4.69, 9.17) is 9.47 Å². The van der Waals surface area contributed by atoms with Gasteiger partial charge in [-0.3, -0.25) is 20.4 Å². The average molecular weight is 378 g/mol. The van der Waals surface area contributed by atoms with Crippen LogP contribution in [0.1, 0.15) is 21.7 Å². The standard InChI is InChI=1S/C20H18N4O4/c1-11-12(2)22-15-9-13(7-8-14(15)21-11)19(25)23-24-20(26)18-10-27-16-5-3-4-6-17(16)28-18/h3-9,18H,10H2,1-2H3,(H,23,25)(H,24,26)/t18-/m1/s1.